The Labute approximate surface area is 372 Å². The van der Waals surface area contributed by atoms with E-state index < -0.39 is 23.0 Å². The number of nitro groups is 4. The minimum Gasteiger partial charge on any atom is -0.813 e. The number of piperidine rings is 3. The SMILES string of the molecule is O=[N+]([O-])C1=C[N-]C([S-])C=C1.O=[N+]([O-])C1CCC([S-])[N-]C1.O=[N+]([O-])C1CCC([S-])[N-]C1.O=[N+]([O-])C1CCC([S-])[N-]C1.[Fe+2].[Fe+2].[Fe+2].[Fe+2].[SH-].[SH-].[SH-].[SH-]. The Balaban J connectivity index is -0.0000000702. The molecule has 4 heterocycles. The van der Waals surface area contributed by atoms with Crippen LogP contribution in [-0.2, 0) is 173 Å². The first kappa shape index (κ1) is 67.7. The van der Waals surface area contributed by atoms with Gasteiger partial charge in [-0.1, -0.05) is 45.1 Å². The van der Waals surface area contributed by atoms with E-state index in [1.54, 1.807) is 0 Å². The zero-order valence-electron chi connectivity index (χ0n) is 24.3. The molecular weight excluding hydrogens is 960 g/mol. The van der Waals surface area contributed by atoms with Crippen LogP contribution in [0.1, 0.15) is 38.5 Å². The van der Waals surface area contributed by atoms with Gasteiger partial charge in [-0.3, -0.25) is 56.6 Å². The maximum atomic E-state index is 10.2. The number of hydrogen-bond acceptors (Lipinski definition) is 16. The van der Waals surface area contributed by atoms with Crippen molar-refractivity contribution in [2.24, 2.45) is 0 Å². The maximum Gasteiger partial charge on any atom is 2.00 e. The van der Waals surface area contributed by atoms with Crippen LogP contribution >= 0.6 is 0 Å². The van der Waals surface area contributed by atoms with Crippen LogP contribution in [0.2, 0.25) is 0 Å². The fourth-order valence-corrected chi connectivity index (χ4v) is 4.12. The van der Waals surface area contributed by atoms with Gasteiger partial charge in [-0.15, -0.1) is 6.08 Å². The second-order valence-electron chi connectivity index (χ2n) is 8.72. The first-order valence-electron chi connectivity index (χ1n) is 12.1. The summed E-state index contributed by atoms with van der Waals surface area (Å²) in [5, 5.41) is 55.3. The number of hydrogen-bond donors (Lipinski definition) is 0. The molecule has 28 heteroatoms. The third-order valence-electron chi connectivity index (χ3n) is 5.69. The molecule has 7 atom stereocenters. The predicted molar refractivity (Wildman–Crippen MR) is 192 cm³/mol. The first-order valence-corrected chi connectivity index (χ1v) is 13.9. The van der Waals surface area contributed by atoms with E-state index in [1.165, 1.54) is 18.4 Å². The predicted octanol–water partition coefficient (Wildman–Crippen LogP) is 1.85. The third-order valence-corrected chi connectivity index (χ3v) is 7.12. The van der Waals surface area contributed by atoms with Crippen molar-refractivity contribution in [3.05, 3.63) is 85.8 Å². The molecule has 0 aromatic heterocycles. The fourth-order valence-electron chi connectivity index (χ4n) is 3.32. The van der Waals surface area contributed by atoms with Gasteiger partial charge in [0.1, 0.15) is 0 Å². The van der Waals surface area contributed by atoms with Crippen LogP contribution in [-0.4, -0.2) is 78.9 Å². The molecule has 4 aliphatic rings. The van der Waals surface area contributed by atoms with Gasteiger partial charge in [0.15, 0.2) is 18.1 Å². The minimum atomic E-state index is -0.499. The summed E-state index contributed by atoms with van der Waals surface area (Å²) in [7, 11) is 0. The Morgan fingerprint density at radius 2 is 0.854 bits per heavy atom. The molecule has 0 radical (unpaired) electrons. The second kappa shape index (κ2) is 38.4. The summed E-state index contributed by atoms with van der Waals surface area (Å²) in [6.45, 7) is 0.920. The molecule has 0 saturated carbocycles. The Bertz CT molecular complexity index is 849. The Hall–Kier alpha value is 1.64. The van der Waals surface area contributed by atoms with E-state index >= 15 is 0 Å². The second-order valence-corrected chi connectivity index (χ2v) is 10.8. The van der Waals surface area contributed by atoms with E-state index in [0.717, 1.165) is 0 Å². The molecule has 0 spiro atoms. The molecule has 3 saturated heterocycles. The van der Waals surface area contributed by atoms with Crippen LogP contribution in [0.25, 0.3) is 21.3 Å². The summed E-state index contributed by atoms with van der Waals surface area (Å²) in [4.78, 5) is 39.3. The van der Waals surface area contributed by atoms with Crippen LogP contribution in [0.5, 0.6) is 0 Å². The van der Waals surface area contributed by atoms with E-state index in [0.29, 0.717) is 58.2 Å². The Kier molecular flexibility index (Phi) is 54.1. The zero-order valence-corrected chi connectivity index (χ0v) is 35.6. The van der Waals surface area contributed by atoms with E-state index in [2.05, 4.69) is 21.3 Å². The Morgan fingerprint density at radius 3 is 1.02 bits per heavy atom. The molecule has 0 amide bonds. The van der Waals surface area contributed by atoms with Crippen LogP contribution in [0.15, 0.2) is 24.0 Å². The number of allylic oxidation sites excluding steroid dienone is 1. The summed E-state index contributed by atoms with van der Waals surface area (Å²) in [5.41, 5.74) is -0.0129. The number of thiol groups is 4. The Morgan fingerprint density at radius 1 is 0.562 bits per heavy atom. The maximum absolute atomic E-state index is 10.2. The van der Waals surface area contributed by atoms with E-state index in [-0.39, 0.29) is 164 Å². The van der Waals surface area contributed by atoms with Gasteiger partial charge >= 0.3 is 68.3 Å². The topological polar surface area (TPSA) is 229 Å². The van der Waals surface area contributed by atoms with Gasteiger partial charge in [0.25, 0.3) is 0 Å². The van der Waals surface area contributed by atoms with Gasteiger partial charge in [-0.2, -0.15) is 0 Å². The van der Waals surface area contributed by atoms with Crippen molar-refractivity contribution in [2.75, 3.05) is 19.6 Å². The molecule has 48 heavy (non-hydrogen) atoms. The normalized spacial score (nSPS) is 25.9. The van der Waals surface area contributed by atoms with E-state index in [9.17, 15) is 40.5 Å². The number of rotatable bonds is 4. The van der Waals surface area contributed by atoms with Gasteiger partial charge in [-0.05, 0) is 0 Å². The van der Waals surface area contributed by atoms with Crippen LogP contribution in [0, 0.1) is 40.5 Å². The van der Waals surface area contributed by atoms with E-state index in [1.807, 2.05) is 0 Å². The molecule has 0 aliphatic carbocycles. The molecular formula is C20H32Fe4N8O8S8-4. The molecule has 4 aliphatic heterocycles. The standard InChI is InChI=1S/3C5H9N2O2S.C5H5N2O2S.4Fe.4H2S/c4*8-7(9)4-1-2-5(10)6-3-4;;;;;;;;/h3*4-5,10H,1-3H2;1-3,5,10H;;;;;4*1H2/q4*-1;4*+2;;;;/p-8. The monoisotopic (exact) mass is 992 g/mol. The van der Waals surface area contributed by atoms with Crippen molar-refractivity contribution < 1.29 is 88.0 Å². The smallest absolute Gasteiger partial charge is 0.813 e. The third kappa shape index (κ3) is 31.2. The fraction of sp³-hybridized carbons (Fsp3) is 0.800. The minimum absolute atomic E-state index is 0. The average Bonchev–Trinajstić information content (AvgIpc) is 2.91. The molecule has 3 fully saturated rings. The molecule has 4 rings (SSSR count). The summed E-state index contributed by atoms with van der Waals surface area (Å²) in [6, 6.07) is -1.42. The summed E-state index contributed by atoms with van der Waals surface area (Å²) in [6.07, 6.45) is 7.86. The molecule has 284 valence electrons. The summed E-state index contributed by atoms with van der Waals surface area (Å²) in [5.74, 6) is 0. The first-order chi connectivity index (χ1) is 18.8. The van der Waals surface area contributed by atoms with Crippen LogP contribution < -0.4 is 0 Å². The molecule has 0 N–H and O–H groups in total. The molecule has 16 nitrogen and oxygen atoms in total. The summed E-state index contributed by atoms with van der Waals surface area (Å²) < 4.78 is 0. The van der Waals surface area contributed by atoms with Gasteiger partial charge in [-0.25, -0.2) is 5.37 Å². The van der Waals surface area contributed by atoms with E-state index in [4.69, 9.17) is 50.5 Å². The summed E-state index contributed by atoms with van der Waals surface area (Å²) >= 11 is 19.2. The van der Waals surface area contributed by atoms with Crippen molar-refractivity contribution in [3.63, 3.8) is 0 Å². The van der Waals surface area contributed by atoms with Crippen LogP contribution in [0.4, 0.5) is 0 Å². The molecule has 0 aromatic rings. The van der Waals surface area contributed by atoms with Gasteiger partial charge in [0.05, 0.1) is 4.92 Å². The van der Waals surface area contributed by atoms with Gasteiger partial charge in [0, 0.05) is 40.1 Å². The van der Waals surface area contributed by atoms with Crippen molar-refractivity contribution in [3.8, 4) is 0 Å². The number of nitrogens with zero attached hydrogens (tertiary/aromatic N) is 8. The average molecular weight is 992 g/mol. The van der Waals surface area contributed by atoms with Crippen molar-refractivity contribution in [1.29, 1.82) is 0 Å². The molecule has 0 aromatic carbocycles. The molecule has 0 bridgehead atoms. The van der Waals surface area contributed by atoms with Gasteiger partial charge < -0.3 is 126 Å². The van der Waals surface area contributed by atoms with Crippen molar-refractivity contribution in [2.45, 2.75) is 78.1 Å². The van der Waals surface area contributed by atoms with Gasteiger partial charge in [0.2, 0.25) is 5.70 Å². The largest absolute Gasteiger partial charge is 2.00 e. The van der Waals surface area contributed by atoms with Crippen molar-refractivity contribution >= 4 is 104 Å². The zero-order chi connectivity index (χ0) is 30.2. The molecule has 7 unspecified atom stereocenters. The quantitative estimate of drug-likeness (QED) is 0.129. The van der Waals surface area contributed by atoms with Crippen LogP contribution in [0.3, 0.4) is 0 Å². The van der Waals surface area contributed by atoms with Crippen molar-refractivity contribution in [1.82, 2.24) is 0 Å².